The van der Waals surface area contributed by atoms with Crippen molar-refractivity contribution in [1.29, 1.82) is 0 Å². The third-order valence-corrected chi connectivity index (χ3v) is 5.45. The standard InChI is InChI=1S/C19H27F2N3O.2ClH/c1-13(14-4-3-8-22-11-14)10-18(25)23-15-7-9-24(12-15)19-16(20)5-2-6-17(19)21;;/h2,5-6,13-15,22H,3-4,7-12H2,1H3,(H,23,25);2*1H. The highest BCUT2D eigenvalue weighted by Gasteiger charge is 2.29. The van der Waals surface area contributed by atoms with E-state index in [9.17, 15) is 13.6 Å². The molecule has 3 atom stereocenters. The summed E-state index contributed by atoms with van der Waals surface area (Å²) in [5.41, 5.74) is 0.0147. The molecule has 0 aliphatic carbocycles. The third-order valence-electron chi connectivity index (χ3n) is 5.45. The average Bonchev–Trinajstić information content (AvgIpc) is 3.03. The van der Waals surface area contributed by atoms with Gasteiger partial charge in [-0.2, -0.15) is 0 Å². The Morgan fingerprint density at radius 1 is 1.30 bits per heavy atom. The van der Waals surface area contributed by atoms with Crippen molar-refractivity contribution < 1.29 is 13.6 Å². The van der Waals surface area contributed by atoms with E-state index in [2.05, 4.69) is 17.6 Å². The van der Waals surface area contributed by atoms with Gasteiger partial charge in [0, 0.05) is 25.6 Å². The van der Waals surface area contributed by atoms with Gasteiger partial charge in [0.25, 0.3) is 0 Å². The minimum atomic E-state index is -0.551. The molecule has 154 valence electrons. The number of hydrogen-bond acceptors (Lipinski definition) is 3. The van der Waals surface area contributed by atoms with Crippen LogP contribution in [-0.4, -0.2) is 38.1 Å². The highest BCUT2D eigenvalue weighted by Crippen LogP contribution is 2.27. The topological polar surface area (TPSA) is 44.4 Å². The first-order valence-corrected chi connectivity index (χ1v) is 9.23. The third kappa shape index (κ3) is 6.19. The zero-order chi connectivity index (χ0) is 17.8. The van der Waals surface area contributed by atoms with Gasteiger partial charge in [0.05, 0.1) is 0 Å². The van der Waals surface area contributed by atoms with Crippen LogP contribution in [0.25, 0.3) is 0 Å². The minimum absolute atomic E-state index is 0. The van der Waals surface area contributed by atoms with E-state index in [0.717, 1.165) is 13.1 Å². The number of nitrogens with zero attached hydrogens (tertiary/aromatic N) is 1. The largest absolute Gasteiger partial charge is 0.365 e. The summed E-state index contributed by atoms with van der Waals surface area (Å²) in [6.45, 7) is 5.18. The Morgan fingerprint density at radius 2 is 2.00 bits per heavy atom. The molecular weight excluding hydrogens is 395 g/mol. The second-order valence-electron chi connectivity index (χ2n) is 7.36. The van der Waals surface area contributed by atoms with Gasteiger partial charge in [-0.1, -0.05) is 13.0 Å². The van der Waals surface area contributed by atoms with Crippen molar-refractivity contribution in [2.45, 2.75) is 38.6 Å². The number of para-hydroxylation sites is 1. The van der Waals surface area contributed by atoms with Gasteiger partial charge in [-0.25, -0.2) is 8.78 Å². The summed E-state index contributed by atoms with van der Waals surface area (Å²) in [4.78, 5) is 14.0. The lowest BCUT2D eigenvalue weighted by Gasteiger charge is -2.28. The van der Waals surface area contributed by atoms with Gasteiger partial charge in [0.2, 0.25) is 5.91 Å². The molecule has 1 aromatic rings. The fourth-order valence-corrected chi connectivity index (χ4v) is 3.98. The zero-order valence-corrected chi connectivity index (χ0v) is 17.2. The van der Waals surface area contributed by atoms with Crippen LogP contribution in [0.4, 0.5) is 14.5 Å². The highest BCUT2D eigenvalue weighted by molar-refractivity contribution is 5.85. The number of amides is 1. The molecule has 0 radical (unpaired) electrons. The van der Waals surface area contributed by atoms with E-state index >= 15 is 0 Å². The lowest BCUT2D eigenvalue weighted by atomic mass is 9.85. The molecule has 3 rings (SSSR count). The summed E-state index contributed by atoms with van der Waals surface area (Å²) >= 11 is 0. The zero-order valence-electron chi connectivity index (χ0n) is 15.5. The number of carbonyl (C=O) groups excluding carboxylic acids is 1. The van der Waals surface area contributed by atoms with Crippen LogP contribution in [0.3, 0.4) is 0 Å². The molecule has 0 saturated carbocycles. The number of rotatable bonds is 5. The maximum atomic E-state index is 13.9. The number of carbonyl (C=O) groups is 1. The molecule has 2 aliphatic heterocycles. The predicted molar refractivity (Wildman–Crippen MR) is 109 cm³/mol. The molecule has 2 fully saturated rings. The monoisotopic (exact) mass is 423 g/mol. The van der Waals surface area contributed by atoms with Gasteiger partial charge >= 0.3 is 0 Å². The molecular formula is C19H29Cl2F2N3O. The van der Waals surface area contributed by atoms with Gasteiger partial charge in [0.15, 0.2) is 0 Å². The number of hydrogen-bond donors (Lipinski definition) is 2. The maximum Gasteiger partial charge on any atom is 0.220 e. The fraction of sp³-hybridized carbons (Fsp3) is 0.632. The molecule has 27 heavy (non-hydrogen) atoms. The average molecular weight is 424 g/mol. The first-order chi connectivity index (χ1) is 12.0. The fourth-order valence-electron chi connectivity index (χ4n) is 3.98. The summed E-state index contributed by atoms with van der Waals surface area (Å²) in [6, 6.07) is 3.85. The molecule has 4 nitrogen and oxygen atoms in total. The van der Waals surface area contributed by atoms with Crippen molar-refractivity contribution in [2.75, 3.05) is 31.1 Å². The summed E-state index contributed by atoms with van der Waals surface area (Å²) < 4.78 is 27.8. The van der Waals surface area contributed by atoms with Gasteiger partial charge in [-0.3, -0.25) is 4.79 Å². The van der Waals surface area contributed by atoms with Gasteiger partial charge in [-0.15, -0.1) is 24.8 Å². The molecule has 1 aromatic carbocycles. The molecule has 0 bridgehead atoms. The Kier molecular flexibility index (Phi) is 9.77. The van der Waals surface area contributed by atoms with Crippen molar-refractivity contribution in [3.8, 4) is 0 Å². The van der Waals surface area contributed by atoms with Gasteiger partial charge < -0.3 is 15.5 Å². The van der Waals surface area contributed by atoms with Crippen molar-refractivity contribution >= 4 is 36.4 Å². The van der Waals surface area contributed by atoms with Crippen LogP contribution in [0.2, 0.25) is 0 Å². The summed E-state index contributed by atoms with van der Waals surface area (Å²) in [7, 11) is 0. The van der Waals surface area contributed by atoms with Crippen molar-refractivity contribution in [3.05, 3.63) is 29.8 Å². The summed E-state index contributed by atoms with van der Waals surface area (Å²) in [6.07, 6.45) is 3.56. The van der Waals surface area contributed by atoms with Crippen LogP contribution in [0.15, 0.2) is 18.2 Å². The minimum Gasteiger partial charge on any atom is -0.365 e. The molecule has 8 heteroatoms. The second-order valence-corrected chi connectivity index (χ2v) is 7.36. The first-order valence-electron chi connectivity index (χ1n) is 9.23. The van der Waals surface area contributed by atoms with E-state index in [0.29, 0.717) is 37.8 Å². The second kappa shape index (κ2) is 11.0. The Balaban J connectivity index is 0.00000182. The van der Waals surface area contributed by atoms with E-state index in [1.807, 2.05) is 0 Å². The van der Waals surface area contributed by atoms with Crippen LogP contribution in [0, 0.1) is 23.5 Å². The molecule has 0 spiro atoms. The van der Waals surface area contributed by atoms with E-state index < -0.39 is 11.6 Å². The molecule has 2 aliphatic rings. The molecule has 0 aromatic heterocycles. The molecule has 2 saturated heterocycles. The highest BCUT2D eigenvalue weighted by atomic mass is 35.5. The van der Waals surface area contributed by atoms with E-state index in [-0.39, 0.29) is 42.5 Å². The lowest BCUT2D eigenvalue weighted by Crippen LogP contribution is -2.40. The molecule has 2 heterocycles. The van der Waals surface area contributed by atoms with Crippen molar-refractivity contribution in [3.63, 3.8) is 0 Å². The molecule has 1 amide bonds. The first kappa shape index (κ1) is 23.9. The number of piperidine rings is 1. The van der Waals surface area contributed by atoms with Gasteiger partial charge in [-0.05, 0) is 56.3 Å². The van der Waals surface area contributed by atoms with Gasteiger partial charge in [0.1, 0.15) is 17.3 Å². The number of nitrogens with one attached hydrogen (secondary N) is 2. The van der Waals surface area contributed by atoms with Crippen LogP contribution >= 0.6 is 24.8 Å². The van der Waals surface area contributed by atoms with Crippen LogP contribution in [0.1, 0.15) is 32.6 Å². The summed E-state index contributed by atoms with van der Waals surface area (Å²) in [5.74, 6) is -0.170. The maximum absolute atomic E-state index is 13.9. The van der Waals surface area contributed by atoms with E-state index in [4.69, 9.17) is 0 Å². The number of halogens is 4. The van der Waals surface area contributed by atoms with Crippen LogP contribution in [-0.2, 0) is 4.79 Å². The summed E-state index contributed by atoms with van der Waals surface area (Å²) in [5, 5.41) is 6.43. The molecule has 2 N–H and O–H groups in total. The Labute approximate surface area is 172 Å². The predicted octanol–water partition coefficient (Wildman–Crippen LogP) is 3.53. The molecule has 3 unspecified atom stereocenters. The lowest BCUT2D eigenvalue weighted by molar-refractivity contribution is -0.122. The quantitative estimate of drug-likeness (QED) is 0.760. The normalized spacial score (nSPS) is 23.1. The number of benzene rings is 1. The van der Waals surface area contributed by atoms with E-state index in [1.54, 1.807) is 4.90 Å². The Morgan fingerprint density at radius 3 is 2.63 bits per heavy atom. The van der Waals surface area contributed by atoms with Crippen molar-refractivity contribution in [1.82, 2.24) is 10.6 Å². The Hall–Kier alpha value is -1.11. The smallest absolute Gasteiger partial charge is 0.220 e. The van der Waals surface area contributed by atoms with Crippen LogP contribution < -0.4 is 15.5 Å². The van der Waals surface area contributed by atoms with Crippen LogP contribution in [0.5, 0.6) is 0 Å². The number of anilines is 1. The van der Waals surface area contributed by atoms with E-state index in [1.165, 1.54) is 31.0 Å². The van der Waals surface area contributed by atoms with Crippen molar-refractivity contribution in [2.24, 2.45) is 11.8 Å². The SMILES string of the molecule is CC(CC(=O)NC1CCN(c2c(F)cccc2F)C1)C1CCCNC1.Cl.Cl. The Bertz CT molecular complexity index is 594.